The predicted octanol–water partition coefficient (Wildman–Crippen LogP) is 2.85. The van der Waals surface area contributed by atoms with Gasteiger partial charge in [0.05, 0.1) is 31.9 Å². The number of nitrogens with one attached hydrogen (secondary N) is 1. The molecule has 0 aliphatic rings. The number of aromatic nitrogens is 2. The SMILES string of the molecule is COc1cc2nc(C(F)(F)F)nc(NC(C)(C)CO)c2cc1OC. The van der Waals surface area contributed by atoms with Crippen LogP contribution in [0.25, 0.3) is 10.9 Å². The maximum atomic E-state index is 13.1. The van der Waals surface area contributed by atoms with Crippen LogP contribution in [0.2, 0.25) is 0 Å². The summed E-state index contributed by atoms with van der Waals surface area (Å²) < 4.78 is 49.5. The van der Waals surface area contributed by atoms with Crippen LogP contribution in [-0.2, 0) is 6.18 Å². The van der Waals surface area contributed by atoms with Crippen LogP contribution in [-0.4, -0.2) is 41.4 Å². The Balaban J connectivity index is 2.75. The van der Waals surface area contributed by atoms with Crippen molar-refractivity contribution in [2.45, 2.75) is 25.6 Å². The number of halogens is 3. The van der Waals surface area contributed by atoms with Crippen LogP contribution >= 0.6 is 0 Å². The van der Waals surface area contributed by atoms with Crippen molar-refractivity contribution < 1.29 is 27.8 Å². The molecule has 9 heteroatoms. The zero-order chi connectivity index (χ0) is 18.1. The summed E-state index contributed by atoms with van der Waals surface area (Å²) in [5.41, 5.74) is -0.830. The van der Waals surface area contributed by atoms with Gasteiger partial charge in [0.1, 0.15) is 5.82 Å². The summed E-state index contributed by atoms with van der Waals surface area (Å²) in [6.45, 7) is 2.97. The number of alkyl halides is 3. The van der Waals surface area contributed by atoms with Gasteiger partial charge in [-0.2, -0.15) is 13.2 Å². The lowest BCUT2D eigenvalue weighted by Gasteiger charge is -2.25. The molecule has 2 aromatic rings. The summed E-state index contributed by atoms with van der Waals surface area (Å²) in [7, 11) is 2.79. The fourth-order valence-electron chi connectivity index (χ4n) is 2.04. The summed E-state index contributed by atoms with van der Waals surface area (Å²) in [5, 5.41) is 12.5. The van der Waals surface area contributed by atoms with Crippen molar-refractivity contribution in [2.24, 2.45) is 0 Å². The minimum absolute atomic E-state index is 0.0474. The minimum atomic E-state index is -4.71. The lowest BCUT2D eigenvalue weighted by Crippen LogP contribution is -2.35. The Morgan fingerprint density at radius 1 is 1.08 bits per heavy atom. The van der Waals surface area contributed by atoms with Gasteiger partial charge in [0.15, 0.2) is 11.5 Å². The van der Waals surface area contributed by atoms with E-state index in [2.05, 4.69) is 15.3 Å². The number of aliphatic hydroxyl groups excluding tert-OH is 1. The highest BCUT2D eigenvalue weighted by Crippen LogP contribution is 2.37. The molecule has 0 radical (unpaired) electrons. The molecule has 24 heavy (non-hydrogen) atoms. The number of fused-ring (bicyclic) bond motifs is 1. The first-order valence-corrected chi connectivity index (χ1v) is 7.01. The highest BCUT2D eigenvalue weighted by Gasteiger charge is 2.36. The van der Waals surface area contributed by atoms with Crippen molar-refractivity contribution in [3.05, 3.63) is 18.0 Å². The molecular formula is C15H18F3N3O3. The molecule has 2 N–H and O–H groups in total. The molecule has 0 aliphatic carbocycles. The Morgan fingerprint density at radius 2 is 1.67 bits per heavy atom. The van der Waals surface area contributed by atoms with Crippen molar-refractivity contribution in [1.82, 2.24) is 9.97 Å². The Morgan fingerprint density at radius 3 is 2.17 bits per heavy atom. The van der Waals surface area contributed by atoms with Gasteiger partial charge in [-0.15, -0.1) is 0 Å². The maximum Gasteiger partial charge on any atom is 0.451 e. The molecule has 0 spiro atoms. The van der Waals surface area contributed by atoms with E-state index in [1.165, 1.54) is 26.4 Å². The lowest BCUT2D eigenvalue weighted by atomic mass is 10.1. The zero-order valence-corrected chi connectivity index (χ0v) is 13.7. The second-order valence-electron chi connectivity index (χ2n) is 5.78. The van der Waals surface area contributed by atoms with E-state index in [1.54, 1.807) is 13.8 Å². The number of methoxy groups -OCH3 is 2. The average Bonchev–Trinajstić information content (AvgIpc) is 2.52. The number of nitrogens with zero attached hydrogens (tertiary/aromatic N) is 2. The third-order valence-corrected chi connectivity index (χ3v) is 3.31. The molecule has 0 amide bonds. The molecule has 6 nitrogen and oxygen atoms in total. The summed E-state index contributed by atoms with van der Waals surface area (Å²) in [6, 6.07) is 2.84. The number of aliphatic hydroxyl groups is 1. The van der Waals surface area contributed by atoms with Crippen LogP contribution in [0.15, 0.2) is 12.1 Å². The van der Waals surface area contributed by atoms with E-state index in [4.69, 9.17) is 9.47 Å². The van der Waals surface area contributed by atoms with Crippen LogP contribution < -0.4 is 14.8 Å². The topological polar surface area (TPSA) is 76.5 Å². The molecule has 132 valence electrons. The summed E-state index contributed by atoms with van der Waals surface area (Å²) in [4.78, 5) is 7.15. The van der Waals surface area contributed by atoms with Gasteiger partial charge in [-0.1, -0.05) is 0 Å². The second-order valence-corrected chi connectivity index (χ2v) is 5.78. The predicted molar refractivity (Wildman–Crippen MR) is 82.4 cm³/mol. The van der Waals surface area contributed by atoms with E-state index in [0.29, 0.717) is 11.1 Å². The van der Waals surface area contributed by atoms with E-state index in [9.17, 15) is 18.3 Å². The number of hydrogen-bond donors (Lipinski definition) is 2. The van der Waals surface area contributed by atoms with E-state index in [-0.39, 0.29) is 23.7 Å². The quantitative estimate of drug-likeness (QED) is 0.868. The maximum absolute atomic E-state index is 13.1. The number of anilines is 1. The number of benzene rings is 1. The van der Waals surface area contributed by atoms with Crippen molar-refractivity contribution in [3.8, 4) is 11.5 Å². The van der Waals surface area contributed by atoms with Crippen LogP contribution in [0.3, 0.4) is 0 Å². The standard InChI is InChI=1S/C15H18F3N3O3/c1-14(2,7-22)21-12-8-5-10(23-3)11(24-4)6-9(8)19-13(20-12)15(16,17)18/h5-6,22H,7H2,1-4H3,(H,19,20,21). The van der Waals surface area contributed by atoms with Gasteiger partial charge in [0.2, 0.25) is 5.82 Å². The van der Waals surface area contributed by atoms with Crippen LogP contribution in [0, 0.1) is 0 Å². The normalized spacial score (nSPS) is 12.3. The van der Waals surface area contributed by atoms with E-state index >= 15 is 0 Å². The molecule has 1 heterocycles. The third kappa shape index (κ3) is 3.61. The summed E-state index contributed by atoms with van der Waals surface area (Å²) in [6.07, 6.45) is -4.71. The fraction of sp³-hybridized carbons (Fsp3) is 0.467. The van der Waals surface area contributed by atoms with Crippen LogP contribution in [0.4, 0.5) is 19.0 Å². The minimum Gasteiger partial charge on any atom is -0.493 e. The lowest BCUT2D eigenvalue weighted by molar-refractivity contribution is -0.144. The van der Waals surface area contributed by atoms with Crippen molar-refractivity contribution in [1.29, 1.82) is 0 Å². The van der Waals surface area contributed by atoms with Gasteiger partial charge < -0.3 is 19.9 Å². The van der Waals surface area contributed by atoms with Gasteiger partial charge in [-0.25, -0.2) is 9.97 Å². The molecule has 1 aromatic heterocycles. The Labute approximate surface area is 136 Å². The molecule has 1 aromatic carbocycles. The molecule has 0 unspecified atom stereocenters. The molecular weight excluding hydrogens is 327 g/mol. The number of ether oxygens (including phenoxy) is 2. The Hall–Kier alpha value is -2.29. The zero-order valence-electron chi connectivity index (χ0n) is 13.7. The van der Waals surface area contributed by atoms with E-state index < -0.39 is 17.5 Å². The van der Waals surface area contributed by atoms with Crippen molar-refractivity contribution >= 4 is 16.7 Å². The van der Waals surface area contributed by atoms with Crippen molar-refractivity contribution in [2.75, 3.05) is 26.1 Å². The van der Waals surface area contributed by atoms with Crippen LogP contribution in [0.5, 0.6) is 11.5 Å². The molecule has 0 aliphatic heterocycles. The second kappa shape index (κ2) is 6.31. The first-order valence-electron chi connectivity index (χ1n) is 7.01. The Bertz CT molecular complexity index is 748. The number of hydrogen-bond acceptors (Lipinski definition) is 6. The molecule has 0 bridgehead atoms. The monoisotopic (exact) mass is 345 g/mol. The molecule has 2 rings (SSSR count). The summed E-state index contributed by atoms with van der Waals surface area (Å²) >= 11 is 0. The van der Waals surface area contributed by atoms with Gasteiger partial charge in [-0.3, -0.25) is 0 Å². The first-order chi connectivity index (χ1) is 11.1. The first kappa shape index (κ1) is 18.1. The smallest absolute Gasteiger partial charge is 0.451 e. The molecule has 0 atom stereocenters. The van der Waals surface area contributed by atoms with Gasteiger partial charge in [-0.05, 0) is 19.9 Å². The van der Waals surface area contributed by atoms with E-state index in [1.807, 2.05) is 0 Å². The largest absolute Gasteiger partial charge is 0.493 e. The average molecular weight is 345 g/mol. The molecule has 0 saturated heterocycles. The van der Waals surface area contributed by atoms with E-state index in [0.717, 1.165) is 0 Å². The fourth-order valence-corrected chi connectivity index (χ4v) is 2.04. The number of rotatable bonds is 5. The van der Waals surface area contributed by atoms with Crippen molar-refractivity contribution in [3.63, 3.8) is 0 Å². The molecule has 0 fully saturated rings. The third-order valence-electron chi connectivity index (χ3n) is 3.31. The highest BCUT2D eigenvalue weighted by molar-refractivity contribution is 5.92. The van der Waals surface area contributed by atoms with Gasteiger partial charge >= 0.3 is 6.18 Å². The van der Waals surface area contributed by atoms with Gasteiger partial charge in [0, 0.05) is 11.5 Å². The van der Waals surface area contributed by atoms with Crippen LogP contribution in [0.1, 0.15) is 19.7 Å². The van der Waals surface area contributed by atoms with Gasteiger partial charge in [0.25, 0.3) is 0 Å². The Kier molecular flexibility index (Phi) is 4.75. The molecule has 0 saturated carbocycles. The summed E-state index contributed by atoms with van der Waals surface area (Å²) in [5.74, 6) is -0.742. The highest BCUT2D eigenvalue weighted by atomic mass is 19.4.